The molecule has 0 amide bonds. The summed E-state index contributed by atoms with van der Waals surface area (Å²) >= 11 is 0. The number of hydrogen-bond donors (Lipinski definition) is 1. The van der Waals surface area contributed by atoms with Gasteiger partial charge in [0.05, 0.1) is 6.54 Å². The molecule has 0 radical (unpaired) electrons. The van der Waals surface area contributed by atoms with E-state index in [0.717, 1.165) is 6.42 Å². The molecule has 1 rings (SSSR count). The average molecular weight is 211 g/mol. The minimum atomic E-state index is -0.750. The topological polar surface area (TPSA) is 40.5 Å². The highest BCUT2D eigenvalue weighted by Gasteiger charge is 2.38. The number of carbonyl (C=O) groups is 1. The van der Waals surface area contributed by atoms with E-state index in [1.165, 1.54) is 12.8 Å². The summed E-state index contributed by atoms with van der Waals surface area (Å²) in [7, 11) is 0. The zero-order valence-electron chi connectivity index (χ0n) is 9.70. The van der Waals surface area contributed by atoms with Gasteiger partial charge in [-0.05, 0) is 18.3 Å². The van der Waals surface area contributed by atoms with E-state index in [2.05, 4.69) is 20.4 Å². The molecule has 0 saturated heterocycles. The van der Waals surface area contributed by atoms with Crippen molar-refractivity contribution in [3.8, 4) is 0 Å². The smallest absolute Gasteiger partial charge is 0.317 e. The summed E-state index contributed by atoms with van der Waals surface area (Å²) in [5, 5.41) is 8.87. The number of rotatable bonds is 5. The van der Waals surface area contributed by atoms with Crippen molar-refractivity contribution in [2.45, 2.75) is 39.2 Å². The van der Waals surface area contributed by atoms with Crippen LogP contribution in [-0.2, 0) is 4.79 Å². The van der Waals surface area contributed by atoms with Gasteiger partial charge in [-0.15, -0.1) is 6.58 Å². The Bertz CT molecular complexity index is 248. The Morgan fingerprint density at radius 3 is 2.73 bits per heavy atom. The summed E-state index contributed by atoms with van der Waals surface area (Å²) in [5.41, 5.74) is 0.235. The van der Waals surface area contributed by atoms with Crippen LogP contribution in [0.1, 0.15) is 33.1 Å². The molecule has 15 heavy (non-hydrogen) atoms. The van der Waals surface area contributed by atoms with Crippen LogP contribution in [0.15, 0.2) is 12.7 Å². The van der Waals surface area contributed by atoms with Crippen LogP contribution in [0.3, 0.4) is 0 Å². The molecule has 1 unspecified atom stereocenters. The van der Waals surface area contributed by atoms with E-state index in [4.69, 9.17) is 5.11 Å². The SMILES string of the molecule is C=CCN(CC(=O)O)C1CCCC1(C)C. The lowest BCUT2D eigenvalue weighted by atomic mass is 9.86. The third-order valence-corrected chi connectivity index (χ3v) is 3.34. The Balaban J connectivity index is 2.70. The Morgan fingerprint density at radius 1 is 1.67 bits per heavy atom. The van der Waals surface area contributed by atoms with Crippen molar-refractivity contribution < 1.29 is 9.90 Å². The van der Waals surface area contributed by atoms with Crippen LogP contribution in [-0.4, -0.2) is 35.1 Å². The van der Waals surface area contributed by atoms with Crippen LogP contribution in [0.4, 0.5) is 0 Å². The monoisotopic (exact) mass is 211 g/mol. The Hall–Kier alpha value is -0.830. The maximum Gasteiger partial charge on any atom is 0.317 e. The van der Waals surface area contributed by atoms with E-state index in [-0.39, 0.29) is 12.0 Å². The average Bonchev–Trinajstić information content (AvgIpc) is 2.43. The molecule has 0 bridgehead atoms. The van der Waals surface area contributed by atoms with Crippen molar-refractivity contribution in [2.24, 2.45) is 5.41 Å². The Labute approximate surface area is 91.8 Å². The fourth-order valence-electron chi connectivity index (χ4n) is 2.63. The van der Waals surface area contributed by atoms with Gasteiger partial charge in [-0.3, -0.25) is 9.69 Å². The standard InChI is InChI=1S/C12H21NO2/c1-4-8-13(9-11(14)15)10-6-5-7-12(10,2)3/h4,10H,1,5-9H2,2-3H3,(H,14,15). The first kappa shape index (κ1) is 12.2. The fraction of sp³-hybridized carbons (Fsp3) is 0.750. The van der Waals surface area contributed by atoms with Gasteiger partial charge in [0, 0.05) is 12.6 Å². The van der Waals surface area contributed by atoms with Crippen molar-refractivity contribution in [1.82, 2.24) is 4.90 Å². The lowest BCUT2D eigenvalue weighted by Gasteiger charge is -2.36. The van der Waals surface area contributed by atoms with Gasteiger partial charge < -0.3 is 5.11 Å². The van der Waals surface area contributed by atoms with Crippen molar-refractivity contribution in [2.75, 3.05) is 13.1 Å². The van der Waals surface area contributed by atoms with E-state index in [9.17, 15) is 4.79 Å². The normalized spacial score (nSPS) is 24.3. The van der Waals surface area contributed by atoms with Crippen molar-refractivity contribution in [1.29, 1.82) is 0 Å². The van der Waals surface area contributed by atoms with Gasteiger partial charge in [0.2, 0.25) is 0 Å². The van der Waals surface area contributed by atoms with Crippen LogP contribution < -0.4 is 0 Å². The summed E-state index contributed by atoms with van der Waals surface area (Å²) in [6, 6.07) is 0.381. The molecule has 3 nitrogen and oxygen atoms in total. The molecule has 0 spiro atoms. The van der Waals surface area contributed by atoms with E-state index in [1.54, 1.807) is 6.08 Å². The number of hydrogen-bond acceptors (Lipinski definition) is 2. The first-order valence-corrected chi connectivity index (χ1v) is 5.54. The first-order chi connectivity index (χ1) is 6.97. The zero-order valence-corrected chi connectivity index (χ0v) is 9.70. The molecule has 0 aliphatic heterocycles. The minimum Gasteiger partial charge on any atom is -0.480 e. The van der Waals surface area contributed by atoms with Crippen molar-refractivity contribution in [3.05, 3.63) is 12.7 Å². The van der Waals surface area contributed by atoms with Gasteiger partial charge in [0.1, 0.15) is 0 Å². The molecular formula is C12H21NO2. The second-order valence-corrected chi connectivity index (χ2v) is 5.01. The fourth-order valence-corrected chi connectivity index (χ4v) is 2.63. The molecule has 1 fully saturated rings. The molecule has 1 N–H and O–H groups in total. The molecule has 0 aromatic heterocycles. The second kappa shape index (κ2) is 4.79. The lowest BCUT2D eigenvalue weighted by Crippen LogP contribution is -2.44. The maximum absolute atomic E-state index is 10.8. The van der Waals surface area contributed by atoms with E-state index < -0.39 is 5.97 Å². The highest BCUT2D eigenvalue weighted by molar-refractivity contribution is 5.69. The first-order valence-electron chi connectivity index (χ1n) is 5.54. The van der Waals surface area contributed by atoms with Crippen LogP contribution in [0.2, 0.25) is 0 Å². The summed E-state index contributed by atoms with van der Waals surface area (Å²) < 4.78 is 0. The molecule has 0 aromatic rings. The van der Waals surface area contributed by atoms with Gasteiger partial charge in [0.15, 0.2) is 0 Å². The Morgan fingerprint density at radius 2 is 2.33 bits per heavy atom. The predicted molar refractivity (Wildman–Crippen MR) is 60.8 cm³/mol. The third-order valence-electron chi connectivity index (χ3n) is 3.34. The van der Waals surface area contributed by atoms with E-state index in [1.807, 2.05) is 4.90 Å². The number of carboxylic acid groups (broad SMARTS) is 1. The molecular weight excluding hydrogens is 190 g/mol. The van der Waals surface area contributed by atoms with Gasteiger partial charge in [-0.1, -0.05) is 26.3 Å². The summed E-state index contributed by atoms with van der Waals surface area (Å²) in [4.78, 5) is 12.8. The molecule has 86 valence electrons. The summed E-state index contributed by atoms with van der Waals surface area (Å²) in [6.45, 7) is 8.93. The Kier molecular flexibility index (Phi) is 3.91. The van der Waals surface area contributed by atoms with Crippen LogP contribution in [0.5, 0.6) is 0 Å². The zero-order chi connectivity index (χ0) is 11.5. The highest BCUT2D eigenvalue weighted by atomic mass is 16.4. The molecule has 1 aliphatic rings. The van der Waals surface area contributed by atoms with Crippen LogP contribution >= 0.6 is 0 Å². The largest absolute Gasteiger partial charge is 0.480 e. The van der Waals surface area contributed by atoms with Gasteiger partial charge in [-0.2, -0.15) is 0 Å². The van der Waals surface area contributed by atoms with Gasteiger partial charge in [-0.25, -0.2) is 0 Å². The molecule has 0 heterocycles. The van der Waals surface area contributed by atoms with Crippen LogP contribution in [0.25, 0.3) is 0 Å². The van der Waals surface area contributed by atoms with Crippen molar-refractivity contribution in [3.63, 3.8) is 0 Å². The predicted octanol–water partition coefficient (Wildman–Crippen LogP) is 2.14. The van der Waals surface area contributed by atoms with E-state index in [0.29, 0.717) is 12.6 Å². The molecule has 1 aliphatic carbocycles. The highest BCUT2D eigenvalue weighted by Crippen LogP contribution is 2.40. The maximum atomic E-state index is 10.8. The van der Waals surface area contributed by atoms with Crippen LogP contribution in [0, 0.1) is 5.41 Å². The summed E-state index contributed by atoms with van der Waals surface area (Å²) in [5.74, 6) is -0.750. The van der Waals surface area contributed by atoms with Gasteiger partial charge >= 0.3 is 5.97 Å². The molecule has 1 atom stereocenters. The number of aliphatic carboxylic acids is 1. The molecule has 3 heteroatoms. The summed E-state index contributed by atoms with van der Waals surface area (Å²) in [6.07, 6.45) is 5.28. The minimum absolute atomic E-state index is 0.125. The lowest BCUT2D eigenvalue weighted by molar-refractivity contribution is -0.139. The van der Waals surface area contributed by atoms with Gasteiger partial charge in [0.25, 0.3) is 0 Å². The second-order valence-electron chi connectivity index (χ2n) is 5.01. The molecule has 0 aromatic carbocycles. The third kappa shape index (κ3) is 3.06. The number of nitrogens with zero attached hydrogens (tertiary/aromatic N) is 1. The quantitative estimate of drug-likeness (QED) is 0.708. The number of carboxylic acids is 1. The van der Waals surface area contributed by atoms with E-state index >= 15 is 0 Å². The van der Waals surface area contributed by atoms with Crippen molar-refractivity contribution >= 4 is 5.97 Å². The molecule has 1 saturated carbocycles.